The predicted molar refractivity (Wildman–Crippen MR) is 202 cm³/mol. The van der Waals surface area contributed by atoms with E-state index in [2.05, 4.69) is 97.1 Å². The van der Waals surface area contributed by atoms with Gasteiger partial charge in [-0.15, -0.1) is 0 Å². The molecule has 0 amide bonds. The van der Waals surface area contributed by atoms with E-state index >= 15 is 0 Å². The molecule has 5 heteroatoms. The highest BCUT2D eigenvalue weighted by Crippen LogP contribution is 2.40. The van der Waals surface area contributed by atoms with Crippen LogP contribution in [-0.2, 0) is 0 Å². The average molecular weight is 644 g/mol. The van der Waals surface area contributed by atoms with Crippen molar-refractivity contribution < 1.29 is 8.83 Å². The maximum Gasteiger partial charge on any atom is 0.164 e. The van der Waals surface area contributed by atoms with E-state index in [0.29, 0.717) is 17.5 Å². The van der Waals surface area contributed by atoms with E-state index in [4.69, 9.17) is 23.8 Å². The maximum absolute atomic E-state index is 6.76. The highest BCUT2D eigenvalue weighted by Gasteiger charge is 2.19. The minimum Gasteiger partial charge on any atom is -0.456 e. The normalized spacial score (nSPS) is 13.1. The first-order valence-electron chi connectivity index (χ1n) is 16.9. The minimum absolute atomic E-state index is 0.584. The highest BCUT2D eigenvalue weighted by atomic mass is 16.3. The van der Waals surface area contributed by atoms with Crippen molar-refractivity contribution in [2.75, 3.05) is 0 Å². The number of nitrogens with zero attached hydrogens (tertiary/aromatic N) is 3. The average Bonchev–Trinajstić information content (AvgIpc) is 3.77. The Hall–Kier alpha value is -6.59. The van der Waals surface area contributed by atoms with Crippen LogP contribution in [0.2, 0.25) is 0 Å². The Kier molecular flexibility index (Phi) is 6.56. The van der Waals surface area contributed by atoms with E-state index in [-0.39, 0.29) is 0 Å². The Morgan fingerprint density at radius 3 is 1.86 bits per heavy atom. The van der Waals surface area contributed by atoms with Crippen LogP contribution < -0.4 is 0 Å². The number of rotatable bonds is 5. The van der Waals surface area contributed by atoms with Crippen molar-refractivity contribution >= 4 is 49.5 Å². The molecule has 0 spiro atoms. The molecule has 10 rings (SSSR count). The van der Waals surface area contributed by atoms with Gasteiger partial charge in [-0.05, 0) is 48.2 Å². The van der Waals surface area contributed by atoms with E-state index in [1.807, 2.05) is 54.6 Å². The number of furan rings is 2. The van der Waals surface area contributed by atoms with Gasteiger partial charge in [0.05, 0.1) is 0 Å². The molecule has 0 saturated heterocycles. The van der Waals surface area contributed by atoms with Gasteiger partial charge in [0.1, 0.15) is 22.3 Å². The van der Waals surface area contributed by atoms with Crippen LogP contribution in [0.3, 0.4) is 0 Å². The molecular formula is C45H29N3O2. The van der Waals surface area contributed by atoms with E-state index < -0.39 is 0 Å². The summed E-state index contributed by atoms with van der Waals surface area (Å²) >= 11 is 0. The van der Waals surface area contributed by atoms with Crippen LogP contribution in [0.4, 0.5) is 0 Å². The molecule has 0 saturated carbocycles. The summed E-state index contributed by atoms with van der Waals surface area (Å²) in [6, 6.07) is 45.5. The molecule has 50 heavy (non-hydrogen) atoms. The highest BCUT2D eigenvalue weighted by molar-refractivity contribution is 6.12. The molecule has 0 N–H and O–H groups in total. The fourth-order valence-electron chi connectivity index (χ4n) is 7.17. The Morgan fingerprint density at radius 2 is 1.06 bits per heavy atom. The largest absolute Gasteiger partial charge is 0.456 e. The fourth-order valence-corrected chi connectivity index (χ4v) is 7.17. The lowest BCUT2D eigenvalue weighted by molar-refractivity contribution is 0.668. The van der Waals surface area contributed by atoms with Gasteiger partial charge >= 0.3 is 0 Å². The van der Waals surface area contributed by atoms with Gasteiger partial charge in [-0.2, -0.15) is 0 Å². The fraction of sp³-hybridized carbons (Fsp3) is 0.0444. The summed E-state index contributed by atoms with van der Waals surface area (Å²) in [6.45, 7) is 0. The van der Waals surface area contributed by atoms with Gasteiger partial charge in [0.2, 0.25) is 0 Å². The van der Waals surface area contributed by atoms with Crippen molar-refractivity contribution in [3.05, 3.63) is 157 Å². The van der Waals surface area contributed by atoms with Gasteiger partial charge in [-0.25, -0.2) is 15.0 Å². The monoisotopic (exact) mass is 643 g/mol. The first-order valence-corrected chi connectivity index (χ1v) is 16.9. The second-order valence-corrected chi connectivity index (χ2v) is 12.7. The van der Waals surface area contributed by atoms with Gasteiger partial charge in [0.15, 0.2) is 17.5 Å². The number of para-hydroxylation sites is 3. The Labute approximate surface area is 287 Å². The molecule has 1 aliphatic carbocycles. The Balaban J connectivity index is 1.12. The topological polar surface area (TPSA) is 65.0 Å². The summed E-state index contributed by atoms with van der Waals surface area (Å²) in [4.78, 5) is 15.0. The second-order valence-electron chi connectivity index (χ2n) is 12.7. The minimum atomic E-state index is 0.584. The van der Waals surface area contributed by atoms with Crippen molar-refractivity contribution in [2.24, 2.45) is 0 Å². The number of benzene rings is 6. The van der Waals surface area contributed by atoms with Crippen molar-refractivity contribution in [3.8, 4) is 45.3 Å². The molecular weight excluding hydrogens is 615 g/mol. The van der Waals surface area contributed by atoms with E-state index in [9.17, 15) is 0 Å². The van der Waals surface area contributed by atoms with Crippen molar-refractivity contribution in [1.82, 2.24) is 15.0 Å². The van der Waals surface area contributed by atoms with Crippen LogP contribution in [0, 0.1) is 0 Å². The lowest BCUT2D eigenvalue weighted by atomic mass is 9.95. The smallest absolute Gasteiger partial charge is 0.164 e. The molecule has 0 atom stereocenters. The standard InChI is InChI=1S/C45H29N3O2/c1-3-12-28(13-4-1)33-19-10-21-37-38-22-11-20-34(42(38)50-41(33)37)30-16-9-17-31(26-30)44-46-43(29-14-5-2-6-15-29)47-45(48-44)32-24-25-36-35-18-7-8-23-39(35)49-40(36)27-32/h1-3,5-12,14-27H,4,13H2. The molecule has 1 aliphatic rings. The summed E-state index contributed by atoms with van der Waals surface area (Å²) in [6.07, 6.45) is 8.61. The van der Waals surface area contributed by atoms with Crippen LogP contribution in [0.15, 0.2) is 161 Å². The number of allylic oxidation sites excluding steroid dienone is 4. The lowest BCUT2D eigenvalue weighted by Gasteiger charge is -2.10. The molecule has 0 radical (unpaired) electrons. The molecule has 0 fully saturated rings. The molecule has 5 nitrogen and oxygen atoms in total. The van der Waals surface area contributed by atoms with E-state index in [0.717, 1.165) is 90.1 Å². The lowest BCUT2D eigenvalue weighted by Crippen LogP contribution is -2.00. The van der Waals surface area contributed by atoms with Crippen molar-refractivity contribution in [3.63, 3.8) is 0 Å². The first kappa shape index (κ1) is 28.4. The molecule has 0 unspecified atom stereocenters. The molecule has 236 valence electrons. The van der Waals surface area contributed by atoms with Crippen LogP contribution in [0.25, 0.3) is 94.7 Å². The zero-order chi connectivity index (χ0) is 33.0. The third-order valence-electron chi connectivity index (χ3n) is 9.62. The van der Waals surface area contributed by atoms with Gasteiger partial charge in [-0.3, -0.25) is 0 Å². The summed E-state index contributed by atoms with van der Waals surface area (Å²) in [5.41, 5.74) is 10.7. The van der Waals surface area contributed by atoms with Gasteiger partial charge in [0, 0.05) is 49.4 Å². The third kappa shape index (κ3) is 4.74. The van der Waals surface area contributed by atoms with Gasteiger partial charge in [-0.1, -0.05) is 127 Å². The van der Waals surface area contributed by atoms with Gasteiger partial charge in [0.25, 0.3) is 0 Å². The first-order chi connectivity index (χ1) is 24.8. The molecule has 3 heterocycles. The molecule has 3 aromatic heterocycles. The summed E-state index contributed by atoms with van der Waals surface area (Å²) in [7, 11) is 0. The predicted octanol–water partition coefficient (Wildman–Crippen LogP) is 12.1. The third-order valence-corrected chi connectivity index (χ3v) is 9.62. The quantitative estimate of drug-likeness (QED) is 0.187. The molecule has 9 aromatic rings. The summed E-state index contributed by atoms with van der Waals surface area (Å²) in [5.74, 6) is 1.79. The Bertz CT molecular complexity index is 2820. The van der Waals surface area contributed by atoms with E-state index in [1.165, 1.54) is 5.57 Å². The molecule has 0 bridgehead atoms. The maximum atomic E-state index is 6.76. The molecule has 6 aromatic carbocycles. The number of aromatic nitrogens is 3. The summed E-state index contributed by atoms with van der Waals surface area (Å²) < 4.78 is 13.0. The zero-order valence-electron chi connectivity index (χ0n) is 27.0. The van der Waals surface area contributed by atoms with E-state index in [1.54, 1.807) is 0 Å². The number of hydrogen-bond acceptors (Lipinski definition) is 5. The van der Waals surface area contributed by atoms with Crippen molar-refractivity contribution in [2.45, 2.75) is 12.8 Å². The van der Waals surface area contributed by atoms with Crippen LogP contribution in [-0.4, -0.2) is 15.0 Å². The Morgan fingerprint density at radius 1 is 0.440 bits per heavy atom. The van der Waals surface area contributed by atoms with Crippen LogP contribution in [0.1, 0.15) is 18.4 Å². The zero-order valence-corrected chi connectivity index (χ0v) is 27.0. The summed E-state index contributed by atoms with van der Waals surface area (Å²) in [5, 5.41) is 4.38. The van der Waals surface area contributed by atoms with Crippen molar-refractivity contribution in [1.29, 1.82) is 0 Å². The second kappa shape index (κ2) is 11.5. The van der Waals surface area contributed by atoms with Crippen LogP contribution in [0.5, 0.6) is 0 Å². The SMILES string of the molecule is C1=CCCC(c2cccc3c2oc2c(-c4cccc(-c5nc(-c6ccccc6)nc(-c6ccc7c(c6)oc6ccccc67)n5)c4)cccc23)=C1. The number of fused-ring (bicyclic) bond motifs is 6. The van der Waals surface area contributed by atoms with Crippen LogP contribution >= 0.6 is 0 Å². The number of hydrogen-bond donors (Lipinski definition) is 0. The van der Waals surface area contributed by atoms with Gasteiger partial charge < -0.3 is 8.83 Å². The molecule has 0 aliphatic heterocycles.